The lowest BCUT2D eigenvalue weighted by molar-refractivity contribution is -0.254. The molecule has 37 heavy (non-hydrogen) atoms. The molecule has 0 unspecified atom stereocenters. The molecule has 4 nitrogen and oxygen atoms in total. The largest absolute Gasteiger partial charge is 0.481 e. The van der Waals surface area contributed by atoms with Gasteiger partial charge in [-0.1, -0.05) is 67.0 Å². The molecule has 0 spiro atoms. The van der Waals surface area contributed by atoms with Gasteiger partial charge in [0.05, 0.1) is 5.41 Å². The number of carboxylic acids is 1. The topological polar surface area (TPSA) is 63.6 Å². The van der Waals surface area contributed by atoms with E-state index in [1.807, 2.05) is 0 Å². The Morgan fingerprint density at radius 2 is 1.57 bits per heavy atom. The first-order valence-electron chi connectivity index (χ1n) is 15.1. The third kappa shape index (κ3) is 3.14. The molecule has 4 fully saturated rings. The van der Waals surface area contributed by atoms with E-state index in [9.17, 15) is 14.7 Å². The Bertz CT molecular complexity index is 1030. The summed E-state index contributed by atoms with van der Waals surface area (Å²) in [7, 11) is 0. The van der Waals surface area contributed by atoms with Crippen LogP contribution in [-0.2, 0) is 14.3 Å². The third-order valence-electron chi connectivity index (χ3n) is 14.8. The smallest absolute Gasteiger partial charge is 0.310 e. The first-order chi connectivity index (χ1) is 17.0. The Balaban J connectivity index is 1.60. The lowest BCUT2D eigenvalue weighted by Crippen LogP contribution is -2.69. The summed E-state index contributed by atoms with van der Waals surface area (Å²) in [6.07, 6.45) is 11.5. The average molecular weight is 513 g/mol. The predicted octanol–water partition coefficient (Wildman–Crippen LogP) is 8.05. The second-order valence-electron chi connectivity index (χ2n) is 15.6. The Morgan fingerprint density at radius 1 is 0.892 bits per heavy atom. The van der Waals surface area contributed by atoms with Crippen LogP contribution >= 0.6 is 0 Å². The third-order valence-corrected chi connectivity index (χ3v) is 14.8. The van der Waals surface area contributed by atoms with E-state index < -0.39 is 11.4 Å². The quantitative estimate of drug-likeness (QED) is 0.300. The van der Waals surface area contributed by atoms with Crippen LogP contribution in [0, 0.1) is 56.2 Å². The van der Waals surface area contributed by atoms with Gasteiger partial charge in [0.25, 0.3) is 0 Å². The SMILES string of the molecule is CC(=O)O[C@@H]1CC[C@@]2(C)[C@@H]3CC=C4[C@H]5[C@@H](C)[C@H](C)CC[C@]5(C(=O)O)CC[C@@]4(C)[C@]3(C)CC[C@]2(C)C1(C)C. The molecule has 10 atom stereocenters. The number of allylic oxidation sites excluding steroid dienone is 2. The van der Waals surface area contributed by atoms with E-state index in [4.69, 9.17) is 4.74 Å². The summed E-state index contributed by atoms with van der Waals surface area (Å²) in [5.74, 6) is 0.944. The monoisotopic (exact) mass is 512 g/mol. The van der Waals surface area contributed by atoms with Crippen molar-refractivity contribution in [2.24, 2.45) is 56.2 Å². The normalized spacial score (nSPS) is 52.5. The Labute approximate surface area is 225 Å². The number of carbonyl (C=O) groups is 2. The fourth-order valence-electron chi connectivity index (χ4n) is 11.4. The minimum Gasteiger partial charge on any atom is -0.481 e. The highest BCUT2D eigenvalue weighted by Gasteiger charge is 2.72. The molecule has 0 amide bonds. The molecule has 5 aliphatic carbocycles. The summed E-state index contributed by atoms with van der Waals surface area (Å²) in [6, 6.07) is 0. The fourth-order valence-corrected chi connectivity index (χ4v) is 11.4. The number of carboxylic acid groups (broad SMARTS) is 1. The van der Waals surface area contributed by atoms with Crippen LogP contribution in [0.3, 0.4) is 0 Å². The van der Waals surface area contributed by atoms with Crippen molar-refractivity contribution in [3.8, 4) is 0 Å². The molecule has 0 saturated heterocycles. The molecule has 0 bridgehead atoms. The van der Waals surface area contributed by atoms with Crippen molar-refractivity contribution < 1.29 is 19.4 Å². The van der Waals surface area contributed by atoms with Crippen LogP contribution in [-0.4, -0.2) is 23.1 Å². The molecular formula is C33H52O4. The first-order valence-corrected chi connectivity index (χ1v) is 15.1. The Kier molecular flexibility index (Phi) is 5.97. The number of rotatable bonds is 2. The molecule has 0 heterocycles. The molecule has 0 aromatic carbocycles. The van der Waals surface area contributed by atoms with Crippen LogP contribution in [0.5, 0.6) is 0 Å². The van der Waals surface area contributed by atoms with E-state index in [0.29, 0.717) is 17.8 Å². The Morgan fingerprint density at radius 3 is 2.19 bits per heavy atom. The first kappa shape index (κ1) is 27.3. The van der Waals surface area contributed by atoms with Gasteiger partial charge in [-0.2, -0.15) is 0 Å². The zero-order chi connectivity index (χ0) is 27.4. The van der Waals surface area contributed by atoms with E-state index in [-0.39, 0.29) is 45.1 Å². The Hall–Kier alpha value is -1.32. The molecule has 0 aromatic heterocycles. The van der Waals surface area contributed by atoms with Gasteiger partial charge in [-0.25, -0.2) is 0 Å². The summed E-state index contributed by atoms with van der Waals surface area (Å²) < 4.78 is 5.94. The lowest BCUT2D eigenvalue weighted by atomic mass is 9.30. The number of fused-ring (bicyclic) bond motifs is 7. The van der Waals surface area contributed by atoms with Gasteiger partial charge in [-0.15, -0.1) is 0 Å². The van der Waals surface area contributed by atoms with Crippen molar-refractivity contribution in [3.63, 3.8) is 0 Å². The number of ether oxygens (including phenoxy) is 1. The molecule has 4 heteroatoms. The van der Waals surface area contributed by atoms with Crippen LogP contribution in [0.15, 0.2) is 11.6 Å². The number of aliphatic carboxylic acids is 1. The van der Waals surface area contributed by atoms with Gasteiger partial charge in [0, 0.05) is 12.3 Å². The van der Waals surface area contributed by atoms with E-state index >= 15 is 0 Å². The van der Waals surface area contributed by atoms with E-state index in [0.717, 1.165) is 57.8 Å². The second kappa shape index (κ2) is 8.10. The van der Waals surface area contributed by atoms with Crippen molar-refractivity contribution in [2.45, 2.75) is 126 Å². The molecule has 5 aliphatic rings. The summed E-state index contributed by atoms with van der Waals surface area (Å²) in [5, 5.41) is 10.6. The van der Waals surface area contributed by atoms with E-state index in [1.165, 1.54) is 5.57 Å². The highest BCUT2D eigenvalue weighted by atomic mass is 16.5. The summed E-state index contributed by atoms with van der Waals surface area (Å²) in [4.78, 5) is 24.9. The molecule has 0 aromatic rings. The van der Waals surface area contributed by atoms with Crippen molar-refractivity contribution in [1.29, 1.82) is 0 Å². The highest BCUT2D eigenvalue weighted by molar-refractivity contribution is 5.76. The van der Waals surface area contributed by atoms with Crippen LogP contribution < -0.4 is 0 Å². The van der Waals surface area contributed by atoms with Gasteiger partial charge in [-0.05, 0) is 103 Å². The molecule has 4 saturated carbocycles. The zero-order valence-corrected chi connectivity index (χ0v) is 25.0. The molecule has 208 valence electrons. The van der Waals surface area contributed by atoms with E-state index in [1.54, 1.807) is 6.92 Å². The number of esters is 1. The molecule has 5 rings (SSSR count). The van der Waals surface area contributed by atoms with Crippen LogP contribution in [0.4, 0.5) is 0 Å². The minimum atomic E-state index is -0.586. The van der Waals surface area contributed by atoms with Crippen molar-refractivity contribution in [2.75, 3.05) is 0 Å². The maximum Gasteiger partial charge on any atom is 0.310 e. The van der Waals surface area contributed by atoms with Gasteiger partial charge in [0.15, 0.2) is 0 Å². The van der Waals surface area contributed by atoms with Gasteiger partial charge in [0.1, 0.15) is 6.10 Å². The van der Waals surface area contributed by atoms with E-state index in [2.05, 4.69) is 61.5 Å². The van der Waals surface area contributed by atoms with Gasteiger partial charge < -0.3 is 9.84 Å². The molecule has 0 aliphatic heterocycles. The minimum absolute atomic E-state index is 0.0338. The molecule has 1 N–H and O–H groups in total. The number of hydrogen-bond acceptors (Lipinski definition) is 3. The summed E-state index contributed by atoms with van der Waals surface area (Å²) >= 11 is 0. The average Bonchev–Trinajstić information content (AvgIpc) is 2.81. The molecule has 0 radical (unpaired) electrons. The van der Waals surface area contributed by atoms with Crippen LogP contribution in [0.2, 0.25) is 0 Å². The van der Waals surface area contributed by atoms with Crippen molar-refractivity contribution >= 4 is 11.9 Å². The fraction of sp³-hybridized carbons (Fsp3) is 0.879. The van der Waals surface area contributed by atoms with Gasteiger partial charge in [0.2, 0.25) is 0 Å². The van der Waals surface area contributed by atoms with Gasteiger partial charge >= 0.3 is 11.9 Å². The number of hydrogen-bond donors (Lipinski definition) is 1. The lowest BCUT2D eigenvalue weighted by Gasteiger charge is -2.74. The summed E-state index contributed by atoms with van der Waals surface area (Å²) in [5.41, 5.74) is 1.19. The van der Waals surface area contributed by atoms with Gasteiger partial charge in [-0.3, -0.25) is 9.59 Å². The van der Waals surface area contributed by atoms with Crippen LogP contribution in [0.1, 0.15) is 120 Å². The van der Waals surface area contributed by atoms with Crippen molar-refractivity contribution in [1.82, 2.24) is 0 Å². The predicted molar refractivity (Wildman–Crippen MR) is 147 cm³/mol. The summed E-state index contributed by atoms with van der Waals surface area (Å²) in [6.45, 7) is 21.1. The number of carbonyl (C=O) groups excluding carboxylic acids is 1. The second-order valence-corrected chi connectivity index (χ2v) is 15.6. The van der Waals surface area contributed by atoms with Crippen LogP contribution in [0.25, 0.3) is 0 Å². The maximum atomic E-state index is 12.9. The highest BCUT2D eigenvalue weighted by Crippen LogP contribution is 2.78. The zero-order valence-electron chi connectivity index (χ0n) is 25.0. The maximum absolute atomic E-state index is 12.9. The van der Waals surface area contributed by atoms with Crippen molar-refractivity contribution in [3.05, 3.63) is 11.6 Å². The standard InChI is InChI=1S/C33H52O4/c1-20-12-15-33(27(35)36)19-17-29(6)23(26(33)21(20)2)10-11-24-30(29,7)16-18-32(9)28(4,5)25(37-22(3)34)13-14-31(24,32)8/h10,20-21,24-26H,11-19H2,1-9H3,(H,35,36)/t20-,21+,24-,25-,26-,29-,30-,31+,32-,33+/m1/s1. The molecular weight excluding hydrogens is 460 g/mol.